The van der Waals surface area contributed by atoms with Crippen molar-refractivity contribution in [3.8, 4) is 5.75 Å². The number of aromatic hydroxyl groups is 1. The van der Waals surface area contributed by atoms with Crippen LogP contribution in [0, 0.1) is 0 Å². The number of hydrogen-bond donors (Lipinski definition) is 2. The summed E-state index contributed by atoms with van der Waals surface area (Å²) < 4.78 is 0. The summed E-state index contributed by atoms with van der Waals surface area (Å²) in [4.78, 5) is 0. The van der Waals surface area contributed by atoms with E-state index in [9.17, 15) is 5.11 Å². The van der Waals surface area contributed by atoms with E-state index in [-0.39, 0.29) is 0 Å². The minimum absolute atomic E-state index is 0.314. The Balaban J connectivity index is 1.70. The molecule has 3 rings (SSSR count). The van der Waals surface area contributed by atoms with Gasteiger partial charge in [0, 0.05) is 11.7 Å². The molecule has 3 aromatic rings. The van der Waals surface area contributed by atoms with E-state index in [1.54, 1.807) is 12.1 Å². The molecule has 21 heavy (non-hydrogen) atoms. The average Bonchev–Trinajstić information content (AvgIpc) is 2.49. The predicted molar refractivity (Wildman–Crippen MR) is 88.8 cm³/mol. The second-order valence-corrected chi connectivity index (χ2v) is 5.48. The lowest BCUT2D eigenvalue weighted by molar-refractivity contribution is 0.475. The Morgan fingerprint density at radius 1 is 0.905 bits per heavy atom. The van der Waals surface area contributed by atoms with Crippen LogP contribution in [0.1, 0.15) is 12.5 Å². The number of phenols is 1. The van der Waals surface area contributed by atoms with Crippen molar-refractivity contribution in [1.82, 2.24) is 0 Å². The molecule has 106 valence electrons. The minimum Gasteiger partial charge on any atom is -0.508 e. The Bertz CT molecular complexity index is 734. The van der Waals surface area contributed by atoms with Gasteiger partial charge in [-0.3, -0.25) is 0 Å². The Morgan fingerprint density at radius 3 is 2.38 bits per heavy atom. The van der Waals surface area contributed by atoms with Crippen LogP contribution in [-0.4, -0.2) is 11.1 Å². The fourth-order valence-corrected chi connectivity index (χ4v) is 2.60. The van der Waals surface area contributed by atoms with Gasteiger partial charge in [0.25, 0.3) is 0 Å². The molecule has 3 aromatic carbocycles. The van der Waals surface area contributed by atoms with E-state index in [4.69, 9.17) is 0 Å². The largest absolute Gasteiger partial charge is 0.508 e. The number of benzene rings is 3. The highest BCUT2D eigenvalue weighted by Gasteiger charge is 2.04. The lowest BCUT2D eigenvalue weighted by Gasteiger charge is -2.16. The van der Waals surface area contributed by atoms with Crippen molar-refractivity contribution in [1.29, 1.82) is 0 Å². The third kappa shape index (κ3) is 3.34. The van der Waals surface area contributed by atoms with E-state index in [1.165, 1.54) is 16.3 Å². The molecule has 0 heterocycles. The van der Waals surface area contributed by atoms with E-state index in [0.717, 1.165) is 12.1 Å². The lowest BCUT2D eigenvalue weighted by Crippen LogP contribution is -2.17. The van der Waals surface area contributed by atoms with Crippen LogP contribution in [0.25, 0.3) is 10.8 Å². The maximum atomic E-state index is 9.31. The quantitative estimate of drug-likeness (QED) is 0.731. The standard InChI is InChI=1S/C19H19NO/c1-14(12-15-6-10-19(21)11-7-15)20-18-9-8-16-4-2-3-5-17(16)13-18/h2-11,13-14,20-21H,12H2,1H3. The van der Waals surface area contributed by atoms with Crippen LogP contribution in [0.5, 0.6) is 5.75 Å². The van der Waals surface area contributed by atoms with E-state index >= 15 is 0 Å². The smallest absolute Gasteiger partial charge is 0.115 e. The number of phenolic OH excluding ortho intramolecular Hbond substituents is 1. The van der Waals surface area contributed by atoms with Crippen LogP contribution < -0.4 is 5.32 Å². The third-order valence-corrected chi connectivity index (χ3v) is 3.64. The highest BCUT2D eigenvalue weighted by Crippen LogP contribution is 2.20. The van der Waals surface area contributed by atoms with Gasteiger partial charge >= 0.3 is 0 Å². The van der Waals surface area contributed by atoms with Gasteiger partial charge in [0.2, 0.25) is 0 Å². The summed E-state index contributed by atoms with van der Waals surface area (Å²) in [6.45, 7) is 2.17. The van der Waals surface area contributed by atoms with Gasteiger partial charge in [-0.05, 0) is 53.9 Å². The zero-order chi connectivity index (χ0) is 14.7. The first-order valence-electron chi connectivity index (χ1n) is 7.24. The van der Waals surface area contributed by atoms with Crippen molar-refractivity contribution in [3.05, 3.63) is 72.3 Å². The highest BCUT2D eigenvalue weighted by atomic mass is 16.3. The lowest BCUT2D eigenvalue weighted by atomic mass is 10.1. The zero-order valence-electron chi connectivity index (χ0n) is 12.1. The van der Waals surface area contributed by atoms with Crippen LogP contribution in [0.3, 0.4) is 0 Å². The molecule has 2 N–H and O–H groups in total. The Labute approximate surface area is 125 Å². The molecule has 0 aliphatic heterocycles. The molecule has 0 aromatic heterocycles. The van der Waals surface area contributed by atoms with Crippen LogP contribution in [-0.2, 0) is 6.42 Å². The average molecular weight is 277 g/mol. The van der Waals surface area contributed by atoms with E-state index in [0.29, 0.717) is 11.8 Å². The first kappa shape index (κ1) is 13.5. The van der Waals surface area contributed by atoms with Gasteiger partial charge in [-0.25, -0.2) is 0 Å². The molecule has 0 saturated carbocycles. The van der Waals surface area contributed by atoms with E-state index < -0.39 is 0 Å². The van der Waals surface area contributed by atoms with Crippen LogP contribution in [0.2, 0.25) is 0 Å². The molecule has 2 heteroatoms. The number of rotatable bonds is 4. The summed E-state index contributed by atoms with van der Waals surface area (Å²) in [6, 6.07) is 22.6. The predicted octanol–water partition coefficient (Wildman–Crippen LogP) is 4.59. The third-order valence-electron chi connectivity index (χ3n) is 3.64. The molecule has 0 bridgehead atoms. The van der Waals surface area contributed by atoms with Gasteiger partial charge in [0.1, 0.15) is 5.75 Å². The molecule has 0 fully saturated rings. The second-order valence-electron chi connectivity index (χ2n) is 5.48. The van der Waals surface area contributed by atoms with Gasteiger partial charge in [-0.15, -0.1) is 0 Å². The number of fused-ring (bicyclic) bond motifs is 1. The van der Waals surface area contributed by atoms with E-state index in [2.05, 4.69) is 54.7 Å². The topological polar surface area (TPSA) is 32.3 Å². The highest BCUT2D eigenvalue weighted by molar-refractivity contribution is 5.85. The van der Waals surface area contributed by atoms with Crippen molar-refractivity contribution in [2.24, 2.45) is 0 Å². The Hall–Kier alpha value is -2.48. The number of hydrogen-bond acceptors (Lipinski definition) is 2. The van der Waals surface area contributed by atoms with Crippen molar-refractivity contribution in [2.75, 3.05) is 5.32 Å². The van der Waals surface area contributed by atoms with Crippen molar-refractivity contribution < 1.29 is 5.11 Å². The summed E-state index contributed by atoms with van der Waals surface area (Å²) in [5.41, 5.74) is 2.36. The van der Waals surface area contributed by atoms with Gasteiger partial charge < -0.3 is 10.4 Å². The van der Waals surface area contributed by atoms with Gasteiger partial charge in [-0.1, -0.05) is 42.5 Å². The Kier molecular flexibility index (Phi) is 3.78. The zero-order valence-corrected chi connectivity index (χ0v) is 12.1. The molecule has 0 aliphatic carbocycles. The van der Waals surface area contributed by atoms with E-state index in [1.807, 2.05) is 12.1 Å². The molecular formula is C19H19NO. The maximum absolute atomic E-state index is 9.31. The number of nitrogens with one attached hydrogen (secondary N) is 1. The maximum Gasteiger partial charge on any atom is 0.115 e. The Morgan fingerprint density at radius 2 is 1.62 bits per heavy atom. The number of anilines is 1. The van der Waals surface area contributed by atoms with Crippen molar-refractivity contribution in [2.45, 2.75) is 19.4 Å². The van der Waals surface area contributed by atoms with Crippen LogP contribution in [0.15, 0.2) is 66.7 Å². The first-order chi connectivity index (χ1) is 10.2. The fourth-order valence-electron chi connectivity index (χ4n) is 2.60. The van der Waals surface area contributed by atoms with Crippen molar-refractivity contribution >= 4 is 16.5 Å². The van der Waals surface area contributed by atoms with Crippen molar-refractivity contribution in [3.63, 3.8) is 0 Å². The summed E-state index contributed by atoms with van der Waals surface area (Å²) in [5.74, 6) is 0.314. The molecule has 0 radical (unpaired) electrons. The molecular weight excluding hydrogens is 258 g/mol. The summed E-state index contributed by atoms with van der Waals surface area (Å²) in [6.07, 6.45) is 0.924. The normalized spacial score (nSPS) is 12.2. The summed E-state index contributed by atoms with van der Waals surface area (Å²) >= 11 is 0. The first-order valence-corrected chi connectivity index (χ1v) is 7.24. The molecule has 1 unspecified atom stereocenters. The SMILES string of the molecule is CC(Cc1ccc(O)cc1)Nc1ccc2ccccc2c1. The monoisotopic (exact) mass is 277 g/mol. The van der Waals surface area contributed by atoms with Gasteiger partial charge in [0.15, 0.2) is 0 Å². The molecule has 0 spiro atoms. The molecule has 0 saturated heterocycles. The summed E-state index contributed by atoms with van der Waals surface area (Å²) in [5, 5.41) is 15.4. The van der Waals surface area contributed by atoms with Crippen LogP contribution in [0.4, 0.5) is 5.69 Å². The summed E-state index contributed by atoms with van der Waals surface area (Å²) in [7, 11) is 0. The molecule has 0 amide bonds. The van der Waals surface area contributed by atoms with Crippen LogP contribution >= 0.6 is 0 Å². The van der Waals surface area contributed by atoms with Gasteiger partial charge in [-0.2, -0.15) is 0 Å². The second kappa shape index (κ2) is 5.88. The van der Waals surface area contributed by atoms with Gasteiger partial charge in [0.05, 0.1) is 0 Å². The molecule has 1 atom stereocenters. The molecule has 2 nitrogen and oxygen atoms in total. The minimum atomic E-state index is 0.314. The molecule has 0 aliphatic rings. The fraction of sp³-hybridized carbons (Fsp3) is 0.158.